The van der Waals surface area contributed by atoms with Gasteiger partial charge in [0, 0.05) is 4.47 Å². The summed E-state index contributed by atoms with van der Waals surface area (Å²) in [6.45, 7) is 0. The second kappa shape index (κ2) is 5.89. The standard InChI is InChI=1S/C19H20Br2N4O/c20-14-3-1-2-4-15(14)23-16(26)18-6-12-5-13(7-18)9-19(8-12,10-18)25-11-22-17(21)24-25/h1-4,11-13H,5-10H2,(H,23,26). The Morgan fingerprint density at radius 2 is 1.88 bits per heavy atom. The Morgan fingerprint density at radius 1 is 1.15 bits per heavy atom. The second-order valence-corrected chi connectivity index (χ2v) is 9.92. The molecule has 4 saturated carbocycles. The number of para-hydroxylation sites is 1. The molecule has 2 unspecified atom stereocenters. The molecule has 4 fully saturated rings. The van der Waals surface area contributed by atoms with E-state index in [9.17, 15) is 4.79 Å². The van der Waals surface area contributed by atoms with Crippen LogP contribution < -0.4 is 5.32 Å². The maximum absolute atomic E-state index is 13.4. The third-order valence-corrected chi connectivity index (χ3v) is 7.64. The molecule has 0 spiro atoms. The van der Waals surface area contributed by atoms with Crippen molar-refractivity contribution in [3.8, 4) is 0 Å². The van der Waals surface area contributed by atoms with Crippen molar-refractivity contribution < 1.29 is 4.79 Å². The number of benzene rings is 1. The number of aromatic nitrogens is 3. The fraction of sp³-hybridized carbons (Fsp3) is 0.526. The number of carbonyl (C=O) groups is 1. The second-order valence-electron chi connectivity index (χ2n) is 8.36. The van der Waals surface area contributed by atoms with Gasteiger partial charge in [-0.25, -0.2) is 9.67 Å². The van der Waals surface area contributed by atoms with Crippen molar-refractivity contribution in [3.05, 3.63) is 39.8 Å². The van der Waals surface area contributed by atoms with E-state index in [4.69, 9.17) is 0 Å². The average Bonchev–Trinajstić information content (AvgIpc) is 3.03. The Kier molecular flexibility index (Phi) is 3.84. The fourth-order valence-corrected chi connectivity index (χ4v) is 6.68. The molecule has 6 rings (SSSR count). The van der Waals surface area contributed by atoms with Crippen LogP contribution in [-0.2, 0) is 10.3 Å². The van der Waals surface area contributed by atoms with Gasteiger partial charge in [-0.3, -0.25) is 4.79 Å². The highest BCUT2D eigenvalue weighted by Crippen LogP contribution is 2.64. The van der Waals surface area contributed by atoms with Crippen LogP contribution in [0.4, 0.5) is 5.69 Å². The molecule has 7 heteroatoms. The zero-order chi connectivity index (χ0) is 17.9. The Bertz CT molecular complexity index is 866. The summed E-state index contributed by atoms with van der Waals surface area (Å²) in [5, 5.41) is 7.77. The molecule has 0 radical (unpaired) electrons. The average molecular weight is 480 g/mol. The van der Waals surface area contributed by atoms with Crippen LogP contribution in [0.1, 0.15) is 38.5 Å². The quantitative estimate of drug-likeness (QED) is 0.691. The number of nitrogens with zero attached hydrogens (tertiary/aromatic N) is 3. The van der Waals surface area contributed by atoms with Crippen molar-refractivity contribution in [1.82, 2.24) is 14.8 Å². The lowest BCUT2D eigenvalue weighted by atomic mass is 9.46. The van der Waals surface area contributed by atoms with Gasteiger partial charge in [-0.05, 0) is 94.4 Å². The van der Waals surface area contributed by atoms with Crippen LogP contribution >= 0.6 is 31.9 Å². The maximum atomic E-state index is 13.4. The van der Waals surface area contributed by atoms with E-state index in [2.05, 4.69) is 47.3 Å². The molecule has 26 heavy (non-hydrogen) atoms. The summed E-state index contributed by atoms with van der Waals surface area (Å²) in [5.74, 6) is 1.37. The van der Waals surface area contributed by atoms with Gasteiger partial charge < -0.3 is 5.32 Å². The first-order valence-electron chi connectivity index (χ1n) is 9.12. The number of anilines is 1. The topological polar surface area (TPSA) is 59.8 Å². The van der Waals surface area contributed by atoms with E-state index in [1.165, 1.54) is 6.42 Å². The van der Waals surface area contributed by atoms with Gasteiger partial charge in [-0.2, -0.15) is 0 Å². The Labute approximate surface area is 169 Å². The first-order chi connectivity index (χ1) is 12.5. The van der Waals surface area contributed by atoms with Crippen LogP contribution in [0.3, 0.4) is 0 Å². The SMILES string of the molecule is O=C(Nc1ccccc1Br)C12CC3CC(C1)CC(n1cnc(Br)n1)(C3)C2. The fourth-order valence-electron chi connectivity index (χ4n) is 6.04. The van der Waals surface area contributed by atoms with Crippen LogP contribution in [0.5, 0.6) is 0 Å². The molecule has 2 aromatic rings. The van der Waals surface area contributed by atoms with E-state index >= 15 is 0 Å². The summed E-state index contributed by atoms with van der Waals surface area (Å²) >= 11 is 6.92. The number of carbonyl (C=O) groups excluding carboxylic acids is 1. The van der Waals surface area contributed by atoms with Crippen LogP contribution in [-0.4, -0.2) is 20.7 Å². The molecule has 4 aliphatic rings. The largest absolute Gasteiger partial charge is 0.325 e. The van der Waals surface area contributed by atoms with Crippen molar-refractivity contribution in [2.24, 2.45) is 17.3 Å². The Balaban J connectivity index is 1.49. The lowest BCUT2D eigenvalue weighted by molar-refractivity contribution is -0.150. The van der Waals surface area contributed by atoms with E-state index in [-0.39, 0.29) is 16.9 Å². The monoisotopic (exact) mass is 478 g/mol. The minimum Gasteiger partial charge on any atom is -0.325 e. The number of hydrogen-bond acceptors (Lipinski definition) is 3. The molecule has 136 valence electrons. The van der Waals surface area contributed by atoms with Crippen LogP contribution in [0.15, 0.2) is 39.8 Å². The predicted molar refractivity (Wildman–Crippen MR) is 106 cm³/mol. The minimum atomic E-state index is -0.294. The first-order valence-corrected chi connectivity index (χ1v) is 10.7. The van der Waals surface area contributed by atoms with Crippen molar-refractivity contribution in [2.45, 2.75) is 44.1 Å². The van der Waals surface area contributed by atoms with Crippen LogP contribution in [0.25, 0.3) is 0 Å². The van der Waals surface area contributed by atoms with Gasteiger partial charge in [-0.1, -0.05) is 12.1 Å². The van der Waals surface area contributed by atoms with Crippen molar-refractivity contribution in [2.75, 3.05) is 5.32 Å². The van der Waals surface area contributed by atoms with Crippen LogP contribution in [0.2, 0.25) is 0 Å². The Hall–Kier alpha value is -1.21. The number of amides is 1. The van der Waals surface area contributed by atoms with Gasteiger partial charge in [0.25, 0.3) is 0 Å². The van der Waals surface area contributed by atoms with Crippen LogP contribution in [0, 0.1) is 17.3 Å². The van der Waals surface area contributed by atoms with E-state index in [1.54, 1.807) is 0 Å². The zero-order valence-corrected chi connectivity index (χ0v) is 17.5. The highest BCUT2D eigenvalue weighted by Gasteiger charge is 2.61. The minimum absolute atomic E-state index is 0.0611. The van der Waals surface area contributed by atoms with Gasteiger partial charge in [0.05, 0.1) is 16.6 Å². The van der Waals surface area contributed by atoms with E-state index in [0.29, 0.717) is 16.6 Å². The van der Waals surface area contributed by atoms with Gasteiger partial charge in [-0.15, -0.1) is 5.10 Å². The molecule has 0 aliphatic heterocycles. The molecule has 4 bridgehead atoms. The molecule has 1 heterocycles. The number of rotatable bonds is 3. The maximum Gasteiger partial charge on any atom is 0.230 e. The summed E-state index contributed by atoms with van der Waals surface area (Å²) in [5.41, 5.74) is 0.498. The van der Waals surface area contributed by atoms with Crippen molar-refractivity contribution in [3.63, 3.8) is 0 Å². The molecule has 1 aromatic heterocycles. The number of halogens is 2. The number of nitrogens with one attached hydrogen (secondary N) is 1. The molecule has 2 atom stereocenters. The molecular formula is C19H20Br2N4O. The normalized spacial score (nSPS) is 34.8. The molecule has 1 aromatic carbocycles. The number of hydrogen-bond donors (Lipinski definition) is 1. The highest BCUT2D eigenvalue weighted by atomic mass is 79.9. The third-order valence-electron chi connectivity index (χ3n) is 6.58. The molecule has 1 amide bonds. The van der Waals surface area contributed by atoms with Gasteiger partial charge in [0.1, 0.15) is 6.33 Å². The Morgan fingerprint density at radius 3 is 2.54 bits per heavy atom. The lowest BCUT2D eigenvalue weighted by Crippen LogP contribution is -2.60. The van der Waals surface area contributed by atoms with Gasteiger partial charge in [0.15, 0.2) is 0 Å². The molecular weight excluding hydrogens is 460 g/mol. The summed E-state index contributed by atoms with van der Waals surface area (Å²) in [7, 11) is 0. The molecule has 4 aliphatic carbocycles. The zero-order valence-electron chi connectivity index (χ0n) is 14.3. The van der Waals surface area contributed by atoms with Gasteiger partial charge in [0.2, 0.25) is 10.6 Å². The van der Waals surface area contributed by atoms with Crippen molar-refractivity contribution >= 4 is 43.5 Å². The van der Waals surface area contributed by atoms with Gasteiger partial charge >= 0.3 is 0 Å². The highest BCUT2D eigenvalue weighted by molar-refractivity contribution is 9.10. The molecule has 5 nitrogen and oxygen atoms in total. The van der Waals surface area contributed by atoms with E-state index in [0.717, 1.165) is 42.3 Å². The summed E-state index contributed by atoms with van der Waals surface area (Å²) in [6.07, 6.45) is 8.17. The molecule has 0 saturated heterocycles. The lowest BCUT2D eigenvalue weighted by Gasteiger charge is -2.60. The third kappa shape index (κ3) is 2.58. The summed E-state index contributed by atoms with van der Waals surface area (Å²) in [4.78, 5) is 17.7. The van der Waals surface area contributed by atoms with E-state index < -0.39 is 0 Å². The van der Waals surface area contributed by atoms with Crippen molar-refractivity contribution in [1.29, 1.82) is 0 Å². The first kappa shape index (κ1) is 16.9. The summed E-state index contributed by atoms with van der Waals surface area (Å²) in [6, 6.07) is 7.83. The predicted octanol–water partition coefficient (Wildman–Crippen LogP) is 4.74. The molecule has 1 N–H and O–H groups in total. The van der Waals surface area contributed by atoms with E-state index in [1.807, 2.05) is 35.3 Å². The summed E-state index contributed by atoms with van der Waals surface area (Å²) < 4.78 is 3.59. The smallest absolute Gasteiger partial charge is 0.230 e.